The van der Waals surface area contributed by atoms with E-state index >= 15 is 0 Å². The van der Waals surface area contributed by atoms with Crippen molar-refractivity contribution in [3.8, 4) is 0 Å². The molecule has 0 bridgehead atoms. The summed E-state index contributed by atoms with van der Waals surface area (Å²) in [5.74, 6) is 0.560. The van der Waals surface area contributed by atoms with Crippen LogP contribution in [0, 0.1) is 0 Å². The number of hydrogen-bond donors (Lipinski definition) is 2. The lowest BCUT2D eigenvalue weighted by Crippen LogP contribution is -2.53. The quantitative estimate of drug-likeness (QED) is 0.552. The molecule has 3 aliphatic heterocycles. The van der Waals surface area contributed by atoms with Crippen LogP contribution in [0.4, 0.5) is 5.82 Å². The van der Waals surface area contributed by atoms with Gasteiger partial charge in [0.15, 0.2) is 0 Å². The second-order valence-electron chi connectivity index (χ2n) is 10.2. The summed E-state index contributed by atoms with van der Waals surface area (Å²) in [4.78, 5) is 39.9. The maximum atomic E-state index is 13.1. The molecule has 1 aromatic heterocycles. The number of fused-ring (bicyclic) bond motifs is 1. The van der Waals surface area contributed by atoms with Crippen molar-refractivity contribution < 1.29 is 14.3 Å². The molecule has 198 valence electrons. The molecule has 2 N–H and O–H groups in total. The number of rotatable bonds is 8. The van der Waals surface area contributed by atoms with Gasteiger partial charge in [0.1, 0.15) is 17.8 Å². The predicted molar refractivity (Wildman–Crippen MR) is 140 cm³/mol. The number of nitrogens with zero attached hydrogens (tertiary/aromatic N) is 5. The number of likely N-dealkylation sites (tertiary alicyclic amines) is 1. The number of aromatic nitrogens is 2. The molecule has 2 fully saturated rings. The Morgan fingerprint density at radius 3 is 2.43 bits per heavy atom. The van der Waals surface area contributed by atoms with Gasteiger partial charge >= 0.3 is 0 Å². The monoisotopic (exact) mass is 507 g/mol. The van der Waals surface area contributed by atoms with Crippen molar-refractivity contribution in [2.75, 3.05) is 57.8 Å². The van der Waals surface area contributed by atoms with E-state index in [-0.39, 0.29) is 23.9 Å². The fourth-order valence-corrected chi connectivity index (χ4v) is 5.49. The molecule has 4 heterocycles. The summed E-state index contributed by atoms with van der Waals surface area (Å²) in [6.45, 7) is 9.55. The van der Waals surface area contributed by atoms with Crippen molar-refractivity contribution in [1.29, 1.82) is 0 Å². The smallest absolute Gasteiger partial charge is 0.270 e. The van der Waals surface area contributed by atoms with E-state index in [4.69, 9.17) is 4.74 Å². The first-order valence-electron chi connectivity index (χ1n) is 13.3. The van der Waals surface area contributed by atoms with E-state index in [1.807, 2.05) is 4.90 Å². The minimum Gasteiger partial charge on any atom is -0.379 e. The summed E-state index contributed by atoms with van der Waals surface area (Å²) in [7, 11) is 0. The number of ether oxygens (including phenoxy) is 1. The van der Waals surface area contributed by atoms with Crippen LogP contribution in [0.1, 0.15) is 41.4 Å². The molecule has 1 atom stereocenters. The van der Waals surface area contributed by atoms with Gasteiger partial charge in [0, 0.05) is 77.4 Å². The second-order valence-corrected chi connectivity index (χ2v) is 10.2. The van der Waals surface area contributed by atoms with Crippen molar-refractivity contribution in [3.63, 3.8) is 0 Å². The zero-order valence-corrected chi connectivity index (χ0v) is 21.6. The van der Waals surface area contributed by atoms with Crippen LogP contribution in [0.2, 0.25) is 0 Å². The van der Waals surface area contributed by atoms with Gasteiger partial charge in [-0.1, -0.05) is 24.3 Å². The van der Waals surface area contributed by atoms with Gasteiger partial charge in [-0.3, -0.25) is 19.4 Å². The summed E-state index contributed by atoms with van der Waals surface area (Å²) in [6, 6.07) is 10.7. The first-order chi connectivity index (χ1) is 18.0. The molecule has 3 aliphatic rings. The average molecular weight is 508 g/mol. The van der Waals surface area contributed by atoms with E-state index in [0.717, 1.165) is 71.9 Å². The summed E-state index contributed by atoms with van der Waals surface area (Å²) in [6.07, 6.45) is 3.14. The molecule has 10 nitrogen and oxygen atoms in total. The van der Waals surface area contributed by atoms with E-state index in [9.17, 15) is 9.59 Å². The van der Waals surface area contributed by atoms with E-state index in [1.54, 1.807) is 13.0 Å². The van der Waals surface area contributed by atoms with Crippen LogP contribution >= 0.6 is 0 Å². The Bertz CT molecular complexity index is 1060. The largest absolute Gasteiger partial charge is 0.379 e. The lowest BCUT2D eigenvalue weighted by atomic mass is 10.1. The highest BCUT2D eigenvalue weighted by Gasteiger charge is 2.27. The van der Waals surface area contributed by atoms with Gasteiger partial charge < -0.3 is 20.3 Å². The standard InChI is InChI=1S/C27H37N7O3/c1-20(35)33-8-6-23(7-9-33)31-26-14-25(29-19-30-26)27(36)28-15-24(34-10-12-37-13-11-34)18-32-16-21-4-2-3-5-22(21)17-32/h2-5,14,19,23-24H,6-13,15-18H2,1H3,(H,28,36)(H,29,30,31). The Morgan fingerprint density at radius 1 is 1.05 bits per heavy atom. The zero-order chi connectivity index (χ0) is 25.6. The normalized spacial score (nSPS) is 19.9. The third kappa shape index (κ3) is 6.63. The number of nitrogens with one attached hydrogen (secondary N) is 2. The molecule has 5 rings (SSSR count). The Kier molecular flexibility index (Phi) is 8.28. The van der Waals surface area contributed by atoms with Gasteiger partial charge in [0.2, 0.25) is 5.91 Å². The van der Waals surface area contributed by atoms with Crippen LogP contribution < -0.4 is 10.6 Å². The van der Waals surface area contributed by atoms with E-state index < -0.39 is 0 Å². The fourth-order valence-electron chi connectivity index (χ4n) is 5.49. The molecule has 0 radical (unpaired) electrons. The minimum atomic E-state index is -0.195. The molecule has 2 saturated heterocycles. The molecular weight excluding hydrogens is 470 g/mol. The maximum Gasteiger partial charge on any atom is 0.270 e. The third-order valence-corrected chi connectivity index (χ3v) is 7.63. The summed E-state index contributed by atoms with van der Waals surface area (Å²) >= 11 is 0. The van der Waals surface area contributed by atoms with Gasteiger partial charge in [0.25, 0.3) is 5.91 Å². The number of hydrogen-bond acceptors (Lipinski definition) is 8. The number of benzene rings is 1. The van der Waals surface area contributed by atoms with Crippen LogP contribution in [0.3, 0.4) is 0 Å². The number of carbonyl (C=O) groups excluding carboxylic acids is 2. The van der Waals surface area contributed by atoms with Gasteiger partial charge in [-0.15, -0.1) is 0 Å². The topological polar surface area (TPSA) is 103 Å². The number of piperidine rings is 1. The molecule has 1 aromatic carbocycles. The number of anilines is 1. The summed E-state index contributed by atoms with van der Waals surface area (Å²) in [5.41, 5.74) is 3.13. The van der Waals surface area contributed by atoms with Gasteiger partial charge in [-0.2, -0.15) is 0 Å². The number of carbonyl (C=O) groups is 2. The highest BCUT2D eigenvalue weighted by Crippen LogP contribution is 2.23. The molecular formula is C27H37N7O3. The average Bonchev–Trinajstić information content (AvgIpc) is 3.34. The van der Waals surface area contributed by atoms with Crippen LogP contribution in [0.5, 0.6) is 0 Å². The minimum absolute atomic E-state index is 0.115. The van der Waals surface area contributed by atoms with Crippen molar-refractivity contribution in [1.82, 2.24) is 30.0 Å². The Hall–Kier alpha value is -3.08. The van der Waals surface area contributed by atoms with Crippen molar-refractivity contribution in [3.05, 3.63) is 53.5 Å². The zero-order valence-electron chi connectivity index (χ0n) is 21.6. The highest BCUT2D eigenvalue weighted by molar-refractivity contribution is 5.92. The van der Waals surface area contributed by atoms with Crippen LogP contribution in [0.15, 0.2) is 36.7 Å². The fraction of sp³-hybridized carbons (Fsp3) is 0.556. The predicted octanol–water partition coefficient (Wildman–Crippen LogP) is 1.35. The van der Waals surface area contributed by atoms with E-state index in [0.29, 0.717) is 18.1 Å². The Labute approximate surface area is 218 Å². The number of amides is 2. The molecule has 2 aromatic rings. The summed E-state index contributed by atoms with van der Waals surface area (Å²) in [5, 5.41) is 6.54. The highest BCUT2D eigenvalue weighted by atomic mass is 16.5. The maximum absolute atomic E-state index is 13.1. The number of morpholine rings is 1. The van der Waals surface area contributed by atoms with Crippen molar-refractivity contribution in [2.45, 2.75) is 44.9 Å². The van der Waals surface area contributed by atoms with E-state index in [2.05, 4.69) is 54.7 Å². The lowest BCUT2D eigenvalue weighted by Gasteiger charge is -2.36. The molecule has 1 unspecified atom stereocenters. The molecule has 0 saturated carbocycles. The SMILES string of the molecule is CC(=O)N1CCC(Nc2cc(C(=O)NCC(CN3Cc4ccccc4C3)N3CCOCC3)ncn2)CC1. The van der Waals surface area contributed by atoms with Gasteiger partial charge in [0.05, 0.1) is 13.2 Å². The van der Waals surface area contributed by atoms with Crippen LogP contribution in [0.25, 0.3) is 0 Å². The van der Waals surface area contributed by atoms with Gasteiger partial charge in [-0.25, -0.2) is 9.97 Å². The molecule has 10 heteroatoms. The molecule has 0 aliphatic carbocycles. The molecule has 37 heavy (non-hydrogen) atoms. The van der Waals surface area contributed by atoms with Crippen molar-refractivity contribution >= 4 is 17.6 Å². The molecule has 0 spiro atoms. The first kappa shape index (κ1) is 25.6. The molecule has 2 amide bonds. The third-order valence-electron chi connectivity index (χ3n) is 7.63. The Balaban J connectivity index is 1.17. The Morgan fingerprint density at radius 2 is 1.76 bits per heavy atom. The van der Waals surface area contributed by atoms with Crippen LogP contribution in [-0.2, 0) is 22.6 Å². The summed E-state index contributed by atoms with van der Waals surface area (Å²) < 4.78 is 5.57. The van der Waals surface area contributed by atoms with Crippen molar-refractivity contribution in [2.24, 2.45) is 0 Å². The lowest BCUT2D eigenvalue weighted by molar-refractivity contribution is -0.129. The van der Waals surface area contributed by atoms with Gasteiger partial charge in [-0.05, 0) is 24.0 Å². The first-order valence-corrected chi connectivity index (χ1v) is 13.3. The van der Waals surface area contributed by atoms with Crippen LogP contribution in [-0.4, -0.2) is 101 Å². The van der Waals surface area contributed by atoms with E-state index in [1.165, 1.54) is 17.5 Å². The second kappa shape index (κ2) is 12.0.